The number of nitrogens with two attached hydrogens (primary N) is 1. The van der Waals surface area contributed by atoms with Crippen LogP contribution in [0.2, 0.25) is 0 Å². The van der Waals surface area contributed by atoms with E-state index in [1.807, 2.05) is 31.5 Å². The minimum Gasteiger partial charge on any atom is -0.398 e. The molecule has 2 amide bonds. The molecular weight excluding hydrogens is 408 g/mol. The minimum atomic E-state index is -0.451. The first-order valence-corrected chi connectivity index (χ1v) is 11.3. The van der Waals surface area contributed by atoms with Crippen LogP contribution in [0.25, 0.3) is 10.4 Å². The number of hydrogen-bond donors (Lipinski definition) is 2. The molecule has 0 bridgehead atoms. The molecule has 0 spiro atoms. The maximum absolute atomic E-state index is 13.1. The normalized spacial score (nSPS) is 15.8. The lowest BCUT2D eigenvalue weighted by molar-refractivity contribution is -0.125. The smallest absolute Gasteiger partial charge is 0.254 e. The van der Waals surface area contributed by atoms with Gasteiger partial charge in [0.25, 0.3) is 5.91 Å². The Bertz CT molecular complexity index is 1110. The lowest BCUT2D eigenvalue weighted by atomic mass is 10.0. The third kappa shape index (κ3) is 4.32. The standard InChI is InChI=1S/C24H26N4O2S/c1-15-19(5-3-6-20(15)25)24(30)28-12-4-7-21(28)23(29)26-13-17-8-10-18(11-9-17)22-16(2)27-14-31-22/h3,5-6,8-11,14,21H,4,7,12-13,25H2,1-2H3,(H,26,29)/t21-/m0/s1. The van der Waals surface area contributed by atoms with Crippen molar-refractivity contribution in [1.82, 2.24) is 15.2 Å². The zero-order valence-electron chi connectivity index (χ0n) is 17.7. The van der Waals surface area contributed by atoms with Gasteiger partial charge < -0.3 is 16.0 Å². The fourth-order valence-electron chi connectivity index (χ4n) is 3.98. The van der Waals surface area contributed by atoms with Gasteiger partial charge in [0.2, 0.25) is 5.91 Å². The molecule has 0 aliphatic carbocycles. The lowest BCUT2D eigenvalue weighted by Crippen LogP contribution is -2.45. The summed E-state index contributed by atoms with van der Waals surface area (Å²) in [5.74, 6) is -0.249. The lowest BCUT2D eigenvalue weighted by Gasteiger charge is -2.25. The average molecular weight is 435 g/mol. The van der Waals surface area contributed by atoms with Crippen molar-refractivity contribution in [1.29, 1.82) is 0 Å². The van der Waals surface area contributed by atoms with Crippen molar-refractivity contribution in [2.75, 3.05) is 12.3 Å². The highest BCUT2D eigenvalue weighted by Crippen LogP contribution is 2.27. The molecule has 2 heterocycles. The molecule has 1 fully saturated rings. The van der Waals surface area contributed by atoms with Crippen LogP contribution < -0.4 is 11.1 Å². The number of thiazole rings is 1. The summed E-state index contributed by atoms with van der Waals surface area (Å²) in [6.07, 6.45) is 1.48. The number of hydrogen-bond acceptors (Lipinski definition) is 5. The molecule has 3 N–H and O–H groups in total. The first kappa shape index (κ1) is 21.1. The van der Waals surface area contributed by atoms with Crippen molar-refractivity contribution >= 4 is 28.8 Å². The molecular formula is C24H26N4O2S. The highest BCUT2D eigenvalue weighted by Gasteiger charge is 2.35. The molecule has 2 aromatic carbocycles. The largest absolute Gasteiger partial charge is 0.398 e. The number of benzene rings is 2. The van der Waals surface area contributed by atoms with Crippen LogP contribution in [0.15, 0.2) is 48.0 Å². The van der Waals surface area contributed by atoms with Gasteiger partial charge in [-0.2, -0.15) is 0 Å². The molecule has 4 rings (SSSR count). The number of nitrogens with one attached hydrogen (secondary N) is 1. The van der Waals surface area contributed by atoms with Crippen molar-refractivity contribution in [2.45, 2.75) is 39.3 Å². The van der Waals surface area contributed by atoms with Gasteiger partial charge in [0.05, 0.1) is 16.1 Å². The molecule has 1 aliphatic heterocycles. The Hall–Kier alpha value is -3.19. The van der Waals surface area contributed by atoms with Crippen LogP contribution in [-0.4, -0.2) is 34.3 Å². The van der Waals surface area contributed by atoms with E-state index in [4.69, 9.17) is 5.73 Å². The predicted molar refractivity (Wildman–Crippen MR) is 124 cm³/mol. The molecule has 160 valence electrons. The second kappa shape index (κ2) is 8.89. The second-order valence-electron chi connectivity index (χ2n) is 7.86. The first-order valence-electron chi connectivity index (χ1n) is 10.4. The van der Waals surface area contributed by atoms with Gasteiger partial charge in [-0.25, -0.2) is 4.98 Å². The van der Waals surface area contributed by atoms with Gasteiger partial charge in [0.1, 0.15) is 6.04 Å². The number of likely N-dealkylation sites (tertiary alicyclic amines) is 1. The van der Waals surface area contributed by atoms with Crippen LogP contribution in [-0.2, 0) is 11.3 Å². The van der Waals surface area contributed by atoms with Crippen LogP contribution in [0.5, 0.6) is 0 Å². The highest BCUT2D eigenvalue weighted by molar-refractivity contribution is 7.13. The summed E-state index contributed by atoms with van der Waals surface area (Å²) in [5.41, 5.74) is 12.9. The summed E-state index contributed by atoms with van der Waals surface area (Å²) in [6, 6.07) is 13.0. The summed E-state index contributed by atoms with van der Waals surface area (Å²) in [6.45, 7) is 4.84. The number of rotatable bonds is 5. The molecule has 0 radical (unpaired) electrons. The SMILES string of the molecule is Cc1ncsc1-c1ccc(CNC(=O)[C@@H]2CCCN2C(=O)c2cccc(N)c2C)cc1. The number of carbonyl (C=O) groups is 2. The Morgan fingerprint density at radius 1 is 1.19 bits per heavy atom. The minimum absolute atomic E-state index is 0.116. The molecule has 31 heavy (non-hydrogen) atoms. The Morgan fingerprint density at radius 2 is 1.97 bits per heavy atom. The third-order valence-electron chi connectivity index (χ3n) is 5.85. The molecule has 0 unspecified atom stereocenters. The zero-order valence-corrected chi connectivity index (χ0v) is 18.5. The van der Waals surface area contributed by atoms with Crippen molar-refractivity contribution < 1.29 is 9.59 Å². The van der Waals surface area contributed by atoms with Crippen molar-refractivity contribution in [3.63, 3.8) is 0 Å². The van der Waals surface area contributed by atoms with E-state index in [2.05, 4.69) is 22.4 Å². The number of aryl methyl sites for hydroxylation is 1. The van der Waals surface area contributed by atoms with Gasteiger partial charge in [0, 0.05) is 24.3 Å². The topological polar surface area (TPSA) is 88.3 Å². The maximum Gasteiger partial charge on any atom is 0.254 e. The number of nitrogens with zero attached hydrogens (tertiary/aromatic N) is 2. The van der Waals surface area contributed by atoms with E-state index in [0.29, 0.717) is 30.8 Å². The number of aromatic nitrogens is 1. The van der Waals surface area contributed by atoms with Crippen molar-refractivity contribution in [3.05, 3.63) is 70.4 Å². The number of nitrogen functional groups attached to an aromatic ring is 1. The van der Waals surface area contributed by atoms with Crippen LogP contribution in [0.1, 0.15) is 40.0 Å². The molecule has 7 heteroatoms. The van der Waals surface area contributed by atoms with Crippen molar-refractivity contribution in [3.8, 4) is 10.4 Å². The molecule has 3 aromatic rings. The summed E-state index contributed by atoms with van der Waals surface area (Å²) in [4.78, 5) is 33.1. The van der Waals surface area contributed by atoms with Gasteiger partial charge in [0.15, 0.2) is 0 Å². The Kier molecular flexibility index (Phi) is 6.04. The van der Waals surface area contributed by atoms with Gasteiger partial charge in [-0.15, -0.1) is 11.3 Å². The maximum atomic E-state index is 13.1. The van der Waals surface area contributed by atoms with Crippen molar-refractivity contribution in [2.24, 2.45) is 0 Å². The van der Waals surface area contributed by atoms with Crippen LogP contribution >= 0.6 is 11.3 Å². The molecule has 1 aromatic heterocycles. The Labute approximate surface area is 186 Å². The number of carbonyl (C=O) groups excluding carboxylic acids is 2. The monoisotopic (exact) mass is 434 g/mol. The zero-order chi connectivity index (χ0) is 22.0. The van der Waals surface area contributed by atoms with E-state index < -0.39 is 6.04 Å². The van der Waals surface area contributed by atoms with E-state index in [-0.39, 0.29) is 11.8 Å². The summed E-state index contributed by atoms with van der Waals surface area (Å²) < 4.78 is 0. The fraction of sp³-hybridized carbons (Fsp3) is 0.292. The fourth-order valence-corrected chi connectivity index (χ4v) is 4.79. The number of amides is 2. The molecule has 6 nitrogen and oxygen atoms in total. The van der Waals surface area contributed by atoms with E-state index >= 15 is 0 Å². The molecule has 1 atom stereocenters. The second-order valence-corrected chi connectivity index (χ2v) is 8.71. The van der Waals surface area contributed by atoms with Gasteiger partial charge >= 0.3 is 0 Å². The third-order valence-corrected chi connectivity index (χ3v) is 6.83. The van der Waals surface area contributed by atoms with E-state index in [1.54, 1.807) is 34.4 Å². The van der Waals surface area contributed by atoms with Crippen LogP contribution in [0.4, 0.5) is 5.69 Å². The Morgan fingerprint density at radius 3 is 2.68 bits per heavy atom. The number of anilines is 1. The summed E-state index contributed by atoms with van der Waals surface area (Å²) >= 11 is 1.62. The summed E-state index contributed by atoms with van der Waals surface area (Å²) in [5, 5.41) is 3.00. The van der Waals surface area contributed by atoms with Gasteiger partial charge in [-0.3, -0.25) is 9.59 Å². The molecule has 0 saturated carbocycles. The average Bonchev–Trinajstić information content (AvgIpc) is 3.43. The van der Waals surface area contributed by atoms with E-state index in [9.17, 15) is 9.59 Å². The van der Waals surface area contributed by atoms with E-state index in [1.165, 1.54) is 0 Å². The quantitative estimate of drug-likeness (QED) is 0.596. The highest BCUT2D eigenvalue weighted by atomic mass is 32.1. The first-order chi connectivity index (χ1) is 15.0. The van der Waals surface area contributed by atoms with Crippen LogP contribution in [0.3, 0.4) is 0 Å². The summed E-state index contributed by atoms with van der Waals surface area (Å²) in [7, 11) is 0. The Balaban J connectivity index is 1.40. The van der Waals surface area contributed by atoms with Gasteiger partial charge in [-0.1, -0.05) is 30.3 Å². The predicted octanol–water partition coefficient (Wildman–Crippen LogP) is 3.93. The van der Waals surface area contributed by atoms with Crippen LogP contribution in [0, 0.1) is 13.8 Å². The molecule has 1 aliphatic rings. The molecule has 1 saturated heterocycles. The van der Waals surface area contributed by atoms with E-state index in [0.717, 1.165) is 33.7 Å². The van der Waals surface area contributed by atoms with Gasteiger partial charge in [-0.05, 0) is 55.5 Å².